The monoisotopic (exact) mass is 497 g/mol. The van der Waals surface area contributed by atoms with Gasteiger partial charge in [-0.2, -0.15) is 9.57 Å². The number of benzene rings is 1. The second-order valence-electron chi connectivity index (χ2n) is 7.77. The molecule has 0 spiro atoms. The van der Waals surface area contributed by atoms with Gasteiger partial charge < -0.3 is 5.32 Å². The molecular weight excluding hydrogens is 477 g/mol. The normalized spacial score (nSPS) is 17.7. The summed E-state index contributed by atoms with van der Waals surface area (Å²) >= 11 is 13.5. The number of amides is 1. The molecule has 4 rings (SSSR count). The van der Waals surface area contributed by atoms with Gasteiger partial charge in [-0.15, -0.1) is 11.3 Å². The van der Waals surface area contributed by atoms with Gasteiger partial charge in [0.2, 0.25) is 15.9 Å². The first-order valence-electron chi connectivity index (χ1n) is 10.1. The smallest absolute Gasteiger partial charge is 0.244 e. The first-order chi connectivity index (χ1) is 14.8. The lowest BCUT2D eigenvalue weighted by Crippen LogP contribution is -2.41. The lowest BCUT2D eigenvalue weighted by molar-refractivity contribution is -0.120. The highest BCUT2D eigenvalue weighted by atomic mass is 35.5. The standard InChI is InChI=1S/C21H21Cl2N3O3S2/c22-14-5-6-17(23)19(11-14)31(28,29)26-9-7-13(8-10-26)20(27)25-21-16(12-24)15-3-1-2-4-18(15)30-21/h5-6,11,13H,1-4,7-10H2,(H,25,27). The summed E-state index contributed by atoms with van der Waals surface area (Å²) in [6.07, 6.45) is 4.80. The summed E-state index contributed by atoms with van der Waals surface area (Å²) in [6, 6.07) is 6.60. The van der Waals surface area contributed by atoms with Crippen molar-refractivity contribution in [3.05, 3.63) is 44.2 Å². The van der Waals surface area contributed by atoms with E-state index in [0.29, 0.717) is 28.4 Å². The first kappa shape index (κ1) is 22.6. The van der Waals surface area contributed by atoms with Crippen LogP contribution in [-0.4, -0.2) is 31.7 Å². The molecule has 2 aliphatic rings. The summed E-state index contributed by atoms with van der Waals surface area (Å²) in [7, 11) is -3.79. The molecule has 1 aliphatic carbocycles. The number of aryl methyl sites for hydroxylation is 1. The highest BCUT2D eigenvalue weighted by Gasteiger charge is 2.34. The van der Waals surface area contributed by atoms with Crippen LogP contribution in [0.15, 0.2) is 23.1 Å². The number of nitrogens with one attached hydrogen (secondary N) is 1. The highest BCUT2D eigenvalue weighted by Crippen LogP contribution is 2.38. The molecule has 2 aromatic rings. The third-order valence-corrected chi connectivity index (χ3v) is 9.68. The Labute approximate surface area is 195 Å². The zero-order valence-electron chi connectivity index (χ0n) is 16.7. The number of nitriles is 1. The van der Waals surface area contributed by atoms with Crippen molar-refractivity contribution in [3.8, 4) is 6.07 Å². The third-order valence-electron chi connectivity index (χ3n) is 5.86. The molecule has 0 saturated carbocycles. The second-order valence-corrected chi connectivity index (χ2v) is 11.6. The van der Waals surface area contributed by atoms with Crippen LogP contribution >= 0.6 is 34.5 Å². The second kappa shape index (κ2) is 9.08. The molecule has 1 fully saturated rings. The molecule has 1 saturated heterocycles. The zero-order chi connectivity index (χ0) is 22.2. The topological polar surface area (TPSA) is 90.3 Å². The van der Waals surface area contributed by atoms with E-state index in [1.54, 1.807) is 0 Å². The molecule has 1 aromatic heterocycles. The van der Waals surface area contributed by atoms with Crippen LogP contribution in [0, 0.1) is 17.2 Å². The highest BCUT2D eigenvalue weighted by molar-refractivity contribution is 7.89. The predicted octanol–water partition coefficient (Wildman–Crippen LogP) is 4.84. The van der Waals surface area contributed by atoms with Gasteiger partial charge in [-0.05, 0) is 62.3 Å². The maximum atomic E-state index is 13.0. The van der Waals surface area contributed by atoms with E-state index >= 15 is 0 Å². The van der Waals surface area contributed by atoms with E-state index in [9.17, 15) is 18.5 Å². The maximum absolute atomic E-state index is 13.0. The fourth-order valence-corrected chi connectivity index (χ4v) is 7.61. The lowest BCUT2D eigenvalue weighted by atomic mass is 9.95. The molecule has 0 radical (unpaired) electrons. The fourth-order valence-electron chi connectivity index (χ4n) is 4.16. The quantitative estimate of drug-likeness (QED) is 0.653. The molecular formula is C21H21Cl2N3O3S2. The van der Waals surface area contributed by atoms with Gasteiger partial charge in [0.15, 0.2) is 0 Å². The van der Waals surface area contributed by atoms with Crippen LogP contribution in [0.2, 0.25) is 10.0 Å². The molecule has 2 heterocycles. The molecule has 31 heavy (non-hydrogen) atoms. The van der Waals surface area contributed by atoms with Crippen molar-refractivity contribution < 1.29 is 13.2 Å². The minimum absolute atomic E-state index is 0.0209. The number of carbonyl (C=O) groups excluding carboxylic acids is 1. The van der Waals surface area contributed by atoms with Crippen molar-refractivity contribution in [2.24, 2.45) is 5.92 Å². The van der Waals surface area contributed by atoms with Crippen molar-refractivity contribution in [2.45, 2.75) is 43.4 Å². The summed E-state index contributed by atoms with van der Waals surface area (Å²) in [6.45, 7) is 0.435. The Morgan fingerprint density at radius 3 is 2.61 bits per heavy atom. The fraction of sp³-hybridized carbons (Fsp3) is 0.429. The predicted molar refractivity (Wildman–Crippen MR) is 122 cm³/mol. The molecule has 6 nitrogen and oxygen atoms in total. The van der Waals surface area contributed by atoms with Gasteiger partial charge in [0.05, 0.1) is 10.6 Å². The number of carbonyl (C=O) groups is 1. The molecule has 1 aliphatic heterocycles. The zero-order valence-corrected chi connectivity index (χ0v) is 19.8. The van der Waals surface area contributed by atoms with E-state index in [-0.39, 0.29) is 34.8 Å². The van der Waals surface area contributed by atoms with Crippen LogP contribution in [-0.2, 0) is 27.7 Å². The first-order valence-corrected chi connectivity index (χ1v) is 13.1. The minimum atomic E-state index is -3.79. The van der Waals surface area contributed by atoms with Crippen LogP contribution in [0.3, 0.4) is 0 Å². The Morgan fingerprint density at radius 1 is 1.19 bits per heavy atom. The lowest BCUT2D eigenvalue weighted by Gasteiger charge is -2.30. The van der Waals surface area contributed by atoms with Crippen LogP contribution in [0.1, 0.15) is 41.7 Å². The SMILES string of the molecule is N#Cc1c(NC(=O)C2CCN(S(=O)(=O)c3cc(Cl)ccc3Cl)CC2)sc2c1CCCC2. The Balaban J connectivity index is 1.43. The van der Waals surface area contributed by atoms with E-state index in [2.05, 4.69) is 11.4 Å². The number of fused-ring (bicyclic) bond motifs is 1. The number of hydrogen-bond acceptors (Lipinski definition) is 5. The average Bonchev–Trinajstić information content (AvgIpc) is 3.12. The Morgan fingerprint density at radius 2 is 1.90 bits per heavy atom. The van der Waals surface area contributed by atoms with E-state index in [0.717, 1.165) is 31.2 Å². The number of nitrogens with zero attached hydrogens (tertiary/aromatic N) is 2. The van der Waals surface area contributed by atoms with Gasteiger partial charge in [0, 0.05) is 28.9 Å². The van der Waals surface area contributed by atoms with Gasteiger partial charge in [0.25, 0.3) is 0 Å². The third kappa shape index (κ3) is 4.48. The number of halogens is 2. The van der Waals surface area contributed by atoms with Crippen molar-refractivity contribution in [2.75, 3.05) is 18.4 Å². The molecule has 0 atom stereocenters. The van der Waals surface area contributed by atoms with Crippen molar-refractivity contribution in [1.82, 2.24) is 4.31 Å². The van der Waals surface area contributed by atoms with E-state index in [1.165, 1.54) is 38.7 Å². The summed E-state index contributed by atoms with van der Waals surface area (Å²) in [4.78, 5) is 14.0. The largest absolute Gasteiger partial charge is 0.316 e. The van der Waals surface area contributed by atoms with E-state index < -0.39 is 10.0 Å². The Kier molecular flexibility index (Phi) is 6.61. The molecule has 10 heteroatoms. The summed E-state index contributed by atoms with van der Waals surface area (Å²) in [5, 5.41) is 13.6. The Bertz CT molecular complexity index is 1160. The van der Waals surface area contributed by atoms with E-state index in [4.69, 9.17) is 23.2 Å². The summed E-state index contributed by atoms with van der Waals surface area (Å²) < 4.78 is 27.3. The van der Waals surface area contributed by atoms with Crippen LogP contribution < -0.4 is 5.32 Å². The number of rotatable bonds is 4. The molecule has 0 bridgehead atoms. The minimum Gasteiger partial charge on any atom is -0.316 e. The number of thiophene rings is 1. The number of hydrogen-bond donors (Lipinski definition) is 1. The summed E-state index contributed by atoms with van der Waals surface area (Å²) in [5.74, 6) is -0.472. The molecule has 1 aromatic carbocycles. The van der Waals surface area contributed by atoms with Crippen molar-refractivity contribution >= 4 is 55.5 Å². The van der Waals surface area contributed by atoms with Gasteiger partial charge in [-0.25, -0.2) is 8.42 Å². The molecule has 1 N–H and O–H groups in total. The number of sulfonamides is 1. The summed E-state index contributed by atoms with van der Waals surface area (Å²) in [5.41, 5.74) is 1.66. The maximum Gasteiger partial charge on any atom is 0.244 e. The van der Waals surface area contributed by atoms with E-state index in [1.807, 2.05) is 0 Å². The molecule has 164 valence electrons. The van der Waals surface area contributed by atoms with Gasteiger partial charge in [0.1, 0.15) is 16.0 Å². The van der Waals surface area contributed by atoms with Crippen LogP contribution in [0.5, 0.6) is 0 Å². The van der Waals surface area contributed by atoms with Crippen LogP contribution in [0.25, 0.3) is 0 Å². The molecule has 1 amide bonds. The average molecular weight is 498 g/mol. The van der Waals surface area contributed by atoms with Crippen molar-refractivity contribution in [3.63, 3.8) is 0 Å². The number of anilines is 1. The van der Waals surface area contributed by atoms with Crippen molar-refractivity contribution in [1.29, 1.82) is 5.26 Å². The number of piperidine rings is 1. The van der Waals surface area contributed by atoms with Gasteiger partial charge in [-0.1, -0.05) is 23.2 Å². The van der Waals surface area contributed by atoms with Crippen LogP contribution in [0.4, 0.5) is 5.00 Å². The van der Waals surface area contributed by atoms with Gasteiger partial charge in [-0.3, -0.25) is 4.79 Å². The van der Waals surface area contributed by atoms with Gasteiger partial charge >= 0.3 is 0 Å². The Hall–Kier alpha value is -1.63. The molecule has 0 unspecified atom stereocenters.